The first-order chi connectivity index (χ1) is 13.1. The smallest absolute Gasteiger partial charge is 0.229 e. The number of halogens is 1. The number of fused-ring (bicyclic) bond motifs is 1. The fourth-order valence-electron chi connectivity index (χ4n) is 3.02. The maximum Gasteiger partial charge on any atom is 0.229 e. The van der Waals surface area contributed by atoms with E-state index in [1.165, 1.54) is 0 Å². The van der Waals surface area contributed by atoms with Crippen LogP contribution in [0.25, 0.3) is 5.69 Å². The van der Waals surface area contributed by atoms with E-state index in [0.29, 0.717) is 5.02 Å². The van der Waals surface area contributed by atoms with Gasteiger partial charge in [0.1, 0.15) is 11.6 Å². The highest BCUT2D eigenvalue weighted by Gasteiger charge is 2.24. The van der Waals surface area contributed by atoms with Crippen molar-refractivity contribution in [1.29, 1.82) is 0 Å². The lowest BCUT2D eigenvalue weighted by Crippen LogP contribution is -2.18. The largest absolute Gasteiger partial charge is 0.497 e. The monoisotopic (exact) mass is 399 g/mol. The summed E-state index contributed by atoms with van der Waals surface area (Å²) in [5, 5.41) is 8.43. The predicted octanol–water partition coefficient (Wildman–Crippen LogP) is 4.46. The number of methoxy groups -OCH3 is 1. The Morgan fingerprint density at radius 3 is 2.63 bits per heavy atom. The van der Waals surface area contributed by atoms with Crippen molar-refractivity contribution in [2.75, 3.05) is 12.4 Å². The molecule has 138 valence electrons. The molecule has 4 rings (SSSR count). The lowest BCUT2D eigenvalue weighted by atomic mass is 10.1. The van der Waals surface area contributed by atoms with E-state index in [0.717, 1.165) is 45.6 Å². The molecule has 0 radical (unpaired) electrons. The second kappa shape index (κ2) is 7.66. The third-order valence-electron chi connectivity index (χ3n) is 4.40. The van der Waals surface area contributed by atoms with E-state index < -0.39 is 0 Å². The van der Waals surface area contributed by atoms with Crippen molar-refractivity contribution in [1.82, 2.24) is 9.78 Å². The molecule has 1 aliphatic heterocycles. The molecular formula is C20H18ClN3O2S. The first-order valence-electron chi connectivity index (χ1n) is 8.51. The summed E-state index contributed by atoms with van der Waals surface area (Å²) in [6.45, 7) is 0. The van der Waals surface area contributed by atoms with E-state index in [1.54, 1.807) is 23.6 Å². The van der Waals surface area contributed by atoms with Gasteiger partial charge in [-0.1, -0.05) is 23.7 Å². The van der Waals surface area contributed by atoms with Crippen molar-refractivity contribution in [2.45, 2.75) is 17.9 Å². The number of nitrogens with one attached hydrogen (secondary N) is 1. The molecule has 7 heteroatoms. The summed E-state index contributed by atoms with van der Waals surface area (Å²) < 4.78 is 6.96. The zero-order valence-corrected chi connectivity index (χ0v) is 16.3. The molecule has 0 bridgehead atoms. The summed E-state index contributed by atoms with van der Waals surface area (Å²) in [6, 6.07) is 14.9. The van der Waals surface area contributed by atoms with Crippen molar-refractivity contribution in [2.24, 2.45) is 0 Å². The second-order valence-corrected chi connectivity index (χ2v) is 7.65. The molecule has 1 N–H and O–H groups in total. The first kappa shape index (κ1) is 17.9. The summed E-state index contributed by atoms with van der Waals surface area (Å²) in [6.07, 6.45) is 0.289. The Kier molecular flexibility index (Phi) is 5.09. The van der Waals surface area contributed by atoms with E-state index in [4.69, 9.17) is 21.4 Å². The van der Waals surface area contributed by atoms with Gasteiger partial charge in [-0.2, -0.15) is 16.9 Å². The summed E-state index contributed by atoms with van der Waals surface area (Å²) >= 11 is 7.80. The number of aromatic nitrogens is 2. The standard InChI is InChI=1S/C20H18ClN3O2S/c1-26-16-8-2-13(3-9-16)10-19(25)22-20-17-11-27-12-18(17)23-24(20)15-6-4-14(21)5-7-15/h2-9H,10-12H2,1H3,(H,22,25). The van der Waals surface area contributed by atoms with E-state index >= 15 is 0 Å². The minimum absolute atomic E-state index is 0.0741. The predicted molar refractivity (Wildman–Crippen MR) is 109 cm³/mol. The lowest BCUT2D eigenvalue weighted by molar-refractivity contribution is -0.115. The van der Waals surface area contributed by atoms with Crippen LogP contribution in [0.3, 0.4) is 0 Å². The fraction of sp³-hybridized carbons (Fsp3) is 0.200. The van der Waals surface area contributed by atoms with Crippen LogP contribution in [0, 0.1) is 0 Å². The lowest BCUT2D eigenvalue weighted by Gasteiger charge is -2.11. The van der Waals surface area contributed by atoms with Gasteiger partial charge in [-0.25, -0.2) is 4.68 Å². The molecule has 5 nitrogen and oxygen atoms in total. The molecule has 1 aliphatic rings. The highest BCUT2D eigenvalue weighted by atomic mass is 35.5. The highest BCUT2D eigenvalue weighted by molar-refractivity contribution is 7.98. The summed E-state index contributed by atoms with van der Waals surface area (Å²) in [7, 11) is 1.62. The average Bonchev–Trinajstić information content (AvgIpc) is 3.26. The third kappa shape index (κ3) is 3.82. The molecule has 2 aromatic carbocycles. The number of carbonyl (C=O) groups is 1. The maximum atomic E-state index is 12.7. The number of nitrogens with zero attached hydrogens (tertiary/aromatic N) is 2. The number of rotatable bonds is 5. The number of anilines is 1. The molecule has 0 unspecified atom stereocenters. The molecule has 0 saturated carbocycles. The van der Waals surface area contributed by atoms with Gasteiger partial charge in [0, 0.05) is 22.1 Å². The summed E-state index contributed by atoms with van der Waals surface area (Å²) in [5.41, 5.74) is 3.92. The van der Waals surface area contributed by atoms with Gasteiger partial charge in [0.25, 0.3) is 0 Å². The molecule has 2 heterocycles. The van der Waals surface area contributed by atoms with Crippen molar-refractivity contribution in [3.8, 4) is 11.4 Å². The zero-order chi connectivity index (χ0) is 18.8. The minimum Gasteiger partial charge on any atom is -0.497 e. The first-order valence-corrected chi connectivity index (χ1v) is 10.0. The maximum absolute atomic E-state index is 12.7. The Labute approximate surface area is 166 Å². The van der Waals surface area contributed by atoms with Gasteiger partial charge in [-0.05, 0) is 42.0 Å². The van der Waals surface area contributed by atoms with Crippen LogP contribution in [-0.2, 0) is 22.7 Å². The number of benzene rings is 2. The number of thioether (sulfide) groups is 1. The molecule has 0 fully saturated rings. The molecule has 1 aromatic heterocycles. The molecule has 0 spiro atoms. The van der Waals surface area contributed by atoms with Gasteiger partial charge < -0.3 is 10.1 Å². The van der Waals surface area contributed by atoms with Crippen molar-refractivity contribution in [3.05, 3.63) is 70.4 Å². The molecule has 0 atom stereocenters. The number of amides is 1. The van der Waals surface area contributed by atoms with Crippen molar-refractivity contribution >= 4 is 35.1 Å². The van der Waals surface area contributed by atoms with E-state index in [2.05, 4.69) is 5.32 Å². The number of carbonyl (C=O) groups excluding carboxylic acids is 1. The van der Waals surface area contributed by atoms with Crippen LogP contribution in [0.5, 0.6) is 5.75 Å². The molecule has 1 amide bonds. The van der Waals surface area contributed by atoms with Crippen LogP contribution in [0.1, 0.15) is 16.8 Å². The van der Waals surface area contributed by atoms with E-state index in [1.807, 2.05) is 48.5 Å². The normalized spacial score (nSPS) is 12.7. The zero-order valence-electron chi connectivity index (χ0n) is 14.7. The van der Waals surface area contributed by atoms with Crippen LogP contribution >= 0.6 is 23.4 Å². The number of hydrogen-bond donors (Lipinski definition) is 1. The fourth-order valence-corrected chi connectivity index (χ4v) is 4.18. The SMILES string of the molecule is COc1ccc(CC(=O)Nc2c3c(nn2-c2ccc(Cl)cc2)CSC3)cc1. The van der Waals surface area contributed by atoms with Gasteiger partial charge in [-0.3, -0.25) is 4.79 Å². The van der Waals surface area contributed by atoms with Crippen LogP contribution in [0.4, 0.5) is 5.82 Å². The Hall–Kier alpha value is -2.44. The van der Waals surface area contributed by atoms with Crippen LogP contribution in [-0.4, -0.2) is 22.8 Å². The van der Waals surface area contributed by atoms with Gasteiger partial charge in [0.2, 0.25) is 5.91 Å². The van der Waals surface area contributed by atoms with Crippen molar-refractivity contribution < 1.29 is 9.53 Å². The van der Waals surface area contributed by atoms with Crippen LogP contribution in [0.15, 0.2) is 48.5 Å². The second-order valence-electron chi connectivity index (χ2n) is 6.23. The Balaban J connectivity index is 1.58. The molecule has 3 aromatic rings. The Morgan fingerprint density at radius 1 is 1.19 bits per heavy atom. The van der Waals surface area contributed by atoms with Gasteiger partial charge >= 0.3 is 0 Å². The van der Waals surface area contributed by atoms with Gasteiger partial charge in [0.05, 0.1) is 24.9 Å². The number of hydrogen-bond acceptors (Lipinski definition) is 4. The Morgan fingerprint density at radius 2 is 1.93 bits per heavy atom. The highest BCUT2D eigenvalue weighted by Crippen LogP contribution is 2.36. The molecule has 0 saturated heterocycles. The summed E-state index contributed by atoms with van der Waals surface area (Å²) in [5.74, 6) is 3.15. The minimum atomic E-state index is -0.0741. The third-order valence-corrected chi connectivity index (χ3v) is 5.63. The quantitative estimate of drug-likeness (QED) is 0.688. The molecular weight excluding hydrogens is 382 g/mol. The molecule has 27 heavy (non-hydrogen) atoms. The molecule has 0 aliphatic carbocycles. The van der Waals surface area contributed by atoms with Crippen LogP contribution < -0.4 is 10.1 Å². The van der Waals surface area contributed by atoms with Gasteiger partial charge in [-0.15, -0.1) is 0 Å². The average molecular weight is 400 g/mol. The summed E-state index contributed by atoms with van der Waals surface area (Å²) in [4.78, 5) is 12.7. The van der Waals surface area contributed by atoms with Gasteiger partial charge in [0.15, 0.2) is 0 Å². The topological polar surface area (TPSA) is 56.1 Å². The van der Waals surface area contributed by atoms with E-state index in [9.17, 15) is 4.79 Å². The Bertz CT molecular complexity index is 968. The number of ether oxygens (including phenoxy) is 1. The van der Waals surface area contributed by atoms with Crippen molar-refractivity contribution in [3.63, 3.8) is 0 Å². The van der Waals surface area contributed by atoms with E-state index in [-0.39, 0.29) is 12.3 Å². The van der Waals surface area contributed by atoms with Crippen LogP contribution in [0.2, 0.25) is 5.02 Å².